The molecule has 0 aromatic carbocycles. The van der Waals surface area contributed by atoms with Crippen molar-refractivity contribution in [2.75, 3.05) is 6.54 Å². The number of hydrogen-bond donors (Lipinski definition) is 2. The van der Waals surface area contributed by atoms with Crippen molar-refractivity contribution >= 4 is 23.6 Å². The van der Waals surface area contributed by atoms with Gasteiger partial charge in [-0.2, -0.15) is 0 Å². The van der Waals surface area contributed by atoms with E-state index in [1.165, 1.54) is 0 Å². The lowest BCUT2D eigenvalue weighted by atomic mass is 10.0. The number of ether oxygens (including phenoxy) is 1. The lowest BCUT2D eigenvalue weighted by molar-refractivity contribution is -0.154. The number of amides is 2. The highest BCUT2D eigenvalue weighted by Gasteiger charge is 2.28. The first-order valence-corrected chi connectivity index (χ1v) is 7.69. The van der Waals surface area contributed by atoms with E-state index < -0.39 is 41.1 Å². The van der Waals surface area contributed by atoms with Crippen LogP contribution in [-0.4, -0.2) is 41.8 Å². The molecule has 0 aliphatic heterocycles. The summed E-state index contributed by atoms with van der Waals surface area (Å²) in [5.74, 6) is -3.18. The van der Waals surface area contributed by atoms with E-state index in [0.29, 0.717) is 0 Å². The van der Waals surface area contributed by atoms with Crippen LogP contribution in [0.25, 0.3) is 0 Å². The van der Waals surface area contributed by atoms with Gasteiger partial charge < -0.3 is 15.4 Å². The van der Waals surface area contributed by atoms with Gasteiger partial charge in [0.05, 0.1) is 0 Å². The smallest absolute Gasteiger partial charge is 0.325 e. The molecule has 7 heteroatoms. The van der Waals surface area contributed by atoms with Gasteiger partial charge in [-0.3, -0.25) is 19.2 Å². The summed E-state index contributed by atoms with van der Waals surface area (Å²) >= 11 is 0. The quantitative estimate of drug-likeness (QED) is 0.532. The Bertz CT molecular complexity index is 464. The Balaban J connectivity index is 4.67. The number of esters is 1. The van der Waals surface area contributed by atoms with Crippen molar-refractivity contribution in [1.82, 2.24) is 10.6 Å². The van der Waals surface area contributed by atoms with Crippen LogP contribution < -0.4 is 10.6 Å². The van der Waals surface area contributed by atoms with Gasteiger partial charge in [-0.15, -0.1) is 0 Å². The molecule has 1 atom stereocenters. The van der Waals surface area contributed by atoms with Gasteiger partial charge in [0.25, 0.3) is 5.91 Å². The third-order valence-electron chi connectivity index (χ3n) is 2.81. The summed E-state index contributed by atoms with van der Waals surface area (Å²) in [7, 11) is 0. The third kappa shape index (κ3) is 8.32. The summed E-state index contributed by atoms with van der Waals surface area (Å²) in [6.45, 7) is 11.6. The third-order valence-corrected chi connectivity index (χ3v) is 2.81. The topological polar surface area (TPSA) is 102 Å². The second-order valence-electron chi connectivity index (χ2n) is 7.02. The standard InChI is InChI=1S/C16H28N2O5/c1-9(2)12(18-15(22)13(20)10(3)4)14(21)17-8-11(19)23-16(5,6)7/h9-10,12H,8H2,1-7H3,(H,17,21)(H,18,22)/t12-/m0/s1. The molecule has 0 aromatic heterocycles. The zero-order valence-corrected chi connectivity index (χ0v) is 15.0. The first kappa shape index (κ1) is 21.1. The Morgan fingerprint density at radius 1 is 1.00 bits per heavy atom. The molecule has 0 fully saturated rings. The first-order chi connectivity index (χ1) is 10.3. The van der Waals surface area contributed by atoms with Crippen molar-refractivity contribution in [1.29, 1.82) is 0 Å². The highest BCUT2D eigenvalue weighted by atomic mass is 16.6. The van der Waals surface area contributed by atoms with Gasteiger partial charge in [0.1, 0.15) is 18.2 Å². The second-order valence-corrected chi connectivity index (χ2v) is 7.02. The normalized spacial score (nSPS) is 12.7. The van der Waals surface area contributed by atoms with Crippen molar-refractivity contribution in [3.8, 4) is 0 Å². The summed E-state index contributed by atoms with van der Waals surface area (Å²) < 4.78 is 5.08. The molecule has 0 heterocycles. The Labute approximate surface area is 137 Å². The fourth-order valence-electron chi connectivity index (χ4n) is 1.66. The molecule has 0 unspecified atom stereocenters. The SMILES string of the molecule is CC(C)C(=O)C(=O)N[C@H](C(=O)NCC(=O)OC(C)(C)C)C(C)C. The Morgan fingerprint density at radius 3 is 1.91 bits per heavy atom. The Morgan fingerprint density at radius 2 is 1.52 bits per heavy atom. The molecule has 0 radical (unpaired) electrons. The van der Waals surface area contributed by atoms with Crippen LogP contribution in [-0.2, 0) is 23.9 Å². The van der Waals surface area contributed by atoms with E-state index in [4.69, 9.17) is 4.74 Å². The van der Waals surface area contributed by atoms with Crippen LogP contribution in [0.1, 0.15) is 48.5 Å². The fourth-order valence-corrected chi connectivity index (χ4v) is 1.66. The molecule has 0 rings (SSSR count). The maximum atomic E-state index is 12.1. The summed E-state index contributed by atoms with van der Waals surface area (Å²) in [6.07, 6.45) is 0. The summed E-state index contributed by atoms with van der Waals surface area (Å²) in [4.78, 5) is 47.2. The van der Waals surface area contributed by atoms with E-state index in [1.807, 2.05) is 0 Å². The molecule has 7 nitrogen and oxygen atoms in total. The minimum atomic E-state index is -0.896. The zero-order valence-electron chi connectivity index (χ0n) is 15.0. The zero-order chi connectivity index (χ0) is 18.4. The second kappa shape index (κ2) is 8.64. The number of Topliss-reactive ketones (excluding diaryl/α,β-unsaturated/α-hetero) is 1. The minimum absolute atomic E-state index is 0.238. The molecule has 2 amide bonds. The van der Waals surface area contributed by atoms with E-state index in [2.05, 4.69) is 10.6 Å². The van der Waals surface area contributed by atoms with Crippen molar-refractivity contribution in [3.63, 3.8) is 0 Å². The lowest BCUT2D eigenvalue weighted by Crippen LogP contribution is -2.52. The molecule has 23 heavy (non-hydrogen) atoms. The van der Waals surface area contributed by atoms with Gasteiger partial charge in [0.15, 0.2) is 0 Å². The number of hydrogen-bond acceptors (Lipinski definition) is 5. The van der Waals surface area contributed by atoms with Gasteiger partial charge in [-0.05, 0) is 26.7 Å². The van der Waals surface area contributed by atoms with Crippen molar-refractivity contribution in [2.45, 2.75) is 60.1 Å². The van der Waals surface area contributed by atoms with Crippen LogP contribution in [0.5, 0.6) is 0 Å². The summed E-state index contributed by atoms with van der Waals surface area (Å²) in [5.41, 5.74) is -0.642. The van der Waals surface area contributed by atoms with Crippen LogP contribution in [0.4, 0.5) is 0 Å². The van der Waals surface area contributed by atoms with Crippen LogP contribution >= 0.6 is 0 Å². The van der Waals surface area contributed by atoms with Crippen molar-refractivity contribution in [2.24, 2.45) is 11.8 Å². The number of ketones is 1. The predicted octanol–water partition coefficient (Wildman–Crippen LogP) is 0.810. The van der Waals surface area contributed by atoms with E-state index in [1.54, 1.807) is 48.5 Å². The van der Waals surface area contributed by atoms with Crippen LogP contribution in [0.2, 0.25) is 0 Å². The molecule has 0 aliphatic carbocycles. The van der Waals surface area contributed by atoms with Gasteiger partial charge >= 0.3 is 5.97 Å². The molecule has 0 spiro atoms. The molecule has 132 valence electrons. The average Bonchev–Trinajstić information content (AvgIpc) is 2.38. The first-order valence-electron chi connectivity index (χ1n) is 7.69. The predicted molar refractivity (Wildman–Crippen MR) is 85.5 cm³/mol. The molecule has 2 N–H and O–H groups in total. The van der Waals surface area contributed by atoms with Crippen LogP contribution in [0.3, 0.4) is 0 Å². The molecule has 0 saturated carbocycles. The van der Waals surface area contributed by atoms with E-state index >= 15 is 0 Å². The lowest BCUT2D eigenvalue weighted by Gasteiger charge is -2.23. The summed E-state index contributed by atoms with van der Waals surface area (Å²) in [5, 5.41) is 4.84. The molecule has 0 bridgehead atoms. The Kier molecular flexibility index (Phi) is 7.92. The van der Waals surface area contributed by atoms with Crippen LogP contribution in [0.15, 0.2) is 0 Å². The molecule has 0 aliphatic rings. The average molecular weight is 328 g/mol. The van der Waals surface area contributed by atoms with Gasteiger partial charge in [0.2, 0.25) is 11.7 Å². The van der Waals surface area contributed by atoms with Crippen LogP contribution in [0, 0.1) is 11.8 Å². The molecular weight excluding hydrogens is 300 g/mol. The number of carbonyl (C=O) groups excluding carboxylic acids is 4. The van der Waals surface area contributed by atoms with Gasteiger partial charge in [-0.25, -0.2) is 0 Å². The number of nitrogens with one attached hydrogen (secondary N) is 2. The minimum Gasteiger partial charge on any atom is -0.459 e. The number of rotatable bonds is 7. The monoisotopic (exact) mass is 328 g/mol. The molecule has 0 saturated heterocycles. The maximum absolute atomic E-state index is 12.1. The molecule has 0 aromatic rings. The summed E-state index contributed by atoms with van der Waals surface area (Å²) in [6, 6.07) is -0.896. The Hall–Kier alpha value is -1.92. The largest absolute Gasteiger partial charge is 0.459 e. The van der Waals surface area contributed by atoms with E-state index in [0.717, 1.165) is 0 Å². The van der Waals surface area contributed by atoms with Crippen molar-refractivity contribution < 1.29 is 23.9 Å². The molecular formula is C16H28N2O5. The van der Waals surface area contributed by atoms with E-state index in [9.17, 15) is 19.2 Å². The highest BCUT2D eigenvalue weighted by molar-refractivity contribution is 6.37. The van der Waals surface area contributed by atoms with Gasteiger partial charge in [-0.1, -0.05) is 27.7 Å². The fraction of sp³-hybridized carbons (Fsp3) is 0.750. The highest BCUT2D eigenvalue weighted by Crippen LogP contribution is 2.07. The van der Waals surface area contributed by atoms with E-state index in [-0.39, 0.29) is 12.5 Å². The number of carbonyl (C=O) groups is 4. The van der Waals surface area contributed by atoms with Gasteiger partial charge in [0, 0.05) is 5.92 Å². The van der Waals surface area contributed by atoms with Crippen molar-refractivity contribution in [3.05, 3.63) is 0 Å². The maximum Gasteiger partial charge on any atom is 0.325 e.